The molecule has 88 valence electrons. The van der Waals surface area contributed by atoms with Crippen LogP contribution in [0.4, 0.5) is 5.69 Å². The fourth-order valence-electron chi connectivity index (χ4n) is 1.26. The predicted octanol–water partition coefficient (Wildman–Crippen LogP) is 2.09. The van der Waals surface area contributed by atoms with Gasteiger partial charge in [-0.1, -0.05) is 0 Å². The van der Waals surface area contributed by atoms with E-state index in [1.807, 2.05) is 6.07 Å². The van der Waals surface area contributed by atoms with E-state index in [4.69, 9.17) is 9.47 Å². The van der Waals surface area contributed by atoms with Crippen molar-refractivity contribution in [2.24, 2.45) is 0 Å². The summed E-state index contributed by atoms with van der Waals surface area (Å²) < 4.78 is 10.3. The Morgan fingerprint density at radius 3 is 2.50 bits per heavy atom. The smallest absolute Gasteiger partial charge is 0.151 e. The molecule has 0 saturated carbocycles. The van der Waals surface area contributed by atoms with Crippen molar-refractivity contribution in [3.63, 3.8) is 0 Å². The van der Waals surface area contributed by atoms with Crippen LogP contribution >= 0.6 is 0 Å². The molecule has 1 rings (SSSR count). The minimum atomic E-state index is -0.249. The number of ether oxygens (including phenoxy) is 2. The van der Waals surface area contributed by atoms with E-state index in [0.717, 1.165) is 11.4 Å². The number of nitrogens with one attached hydrogen (secondary N) is 1. The van der Waals surface area contributed by atoms with Gasteiger partial charge in [0.05, 0.1) is 25.9 Å². The molecule has 0 radical (unpaired) electrons. The van der Waals surface area contributed by atoms with Crippen molar-refractivity contribution < 1.29 is 14.3 Å². The molecule has 1 aromatic carbocycles. The Kier molecular flexibility index (Phi) is 4.17. The Morgan fingerprint density at radius 2 is 2.00 bits per heavy atom. The summed E-state index contributed by atoms with van der Waals surface area (Å²) in [6, 6.07) is 5.16. The van der Waals surface area contributed by atoms with E-state index in [2.05, 4.69) is 5.32 Å². The molecule has 0 aliphatic rings. The maximum atomic E-state index is 11.2. The Balaban J connectivity index is 2.95. The van der Waals surface area contributed by atoms with Gasteiger partial charge in [-0.25, -0.2) is 0 Å². The van der Waals surface area contributed by atoms with Gasteiger partial charge in [-0.3, -0.25) is 4.79 Å². The molecule has 0 amide bonds. The molecule has 4 heteroatoms. The van der Waals surface area contributed by atoms with E-state index >= 15 is 0 Å². The molecule has 1 atom stereocenters. The highest BCUT2D eigenvalue weighted by atomic mass is 16.5. The highest BCUT2D eigenvalue weighted by molar-refractivity contribution is 5.84. The number of hydrogen-bond donors (Lipinski definition) is 1. The lowest BCUT2D eigenvalue weighted by Gasteiger charge is -2.16. The molecule has 16 heavy (non-hydrogen) atoms. The highest BCUT2D eigenvalue weighted by Gasteiger charge is 2.11. The van der Waals surface area contributed by atoms with Crippen LogP contribution in [0.25, 0.3) is 0 Å². The minimum absolute atomic E-state index is 0.0740. The quantitative estimate of drug-likeness (QED) is 0.830. The van der Waals surface area contributed by atoms with Gasteiger partial charge in [0, 0.05) is 6.07 Å². The number of Topliss-reactive ketones (excluding diaryl/α,β-unsaturated/α-hetero) is 1. The Hall–Kier alpha value is -1.71. The number of ketones is 1. The summed E-state index contributed by atoms with van der Waals surface area (Å²) in [4.78, 5) is 11.2. The van der Waals surface area contributed by atoms with Crippen LogP contribution in [0.15, 0.2) is 18.2 Å². The first-order chi connectivity index (χ1) is 7.58. The van der Waals surface area contributed by atoms with E-state index in [-0.39, 0.29) is 11.8 Å². The van der Waals surface area contributed by atoms with Gasteiger partial charge in [-0.2, -0.15) is 0 Å². The maximum Gasteiger partial charge on any atom is 0.151 e. The van der Waals surface area contributed by atoms with Gasteiger partial charge >= 0.3 is 0 Å². The fourth-order valence-corrected chi connectivity index (χ4v) is 1.26. The first-order valence-corrected chi connectivity index (χ1v) is 5.07. The first-order valence-electron chi connectivity index (χ1n) is 5.07. The standard InChI is InChI=1S/C12H17NO3/c1-8(9(2)14)13-11-7-10(15-3)5-6-12(11)16-4/h5-8,13H,1-4H3. The average molecular weight is 223 g/mol. The lowest BCUT2D eigenvalue weighted by atomic mass is 10.2. The molecule has 0 saturated heterocycles. The van der Waals surface area contributed by atoms with Crippen LogP contribution in [-0.2, 0) is 4.79 Å². The number of rotatable bonds is 5. The molecule has 0 spiro atoms. The summed E-state index contributed by atoms with van der Waals surface area (Å²) in [7, 11) is 3.19. The minimum Gasteiger partial charge on any atom is -0.497 e. The van der Waals surface area contributed by atoms with Gasteiger partial charge in [-0.15, -0.1) is 0 Å². The number of benzene rings is 1. The molecule has 0 bridgehead atoms. The second kappa shape index (κ2) is 5.39. The van der Waals surface area contributed by atoms with Crippen LogP contribution in [0.1, 0.15) is 13.8 Å². The molecular formula is C12H17NO3. The monoisotopic (exact) mass is 223 g/mol. The van der Waals surface area contributed by atoms with E-state index < -0.39 is 0 Å². The lowest BCUT2D eigenvalue weighted by Crippen LogP contribution is -2.23. The third-order valence-electron chi connectivity index (χ3n) is 2.39. The Morgan fingerprint density at radius 1 is 1.31 bits per heavy atom. The van der Waals surface area contributed by atoms with Gasteiger partial charge < -0.3 is 14.8 Å². The molecule has 1 aromatic rings. The van der Waals surface area contributed by atoms with Crippen LogP contribution in [0, 0.1) is 0 Å². The molecule has 0 aliphatic carbocycles. The second-order valence-corrected chi connectivity index (χ2v) is 3.54. The van der Waals surface area contributed by atoms with Crippen molar-refractivity contribution >= 4 is 11.5 Å². The van der Waals surface area contributed by atoms with Gasteiger partial charge in [-0.05, 0) is 26.0 Å². The fraction of sp³-hybridized carbons (Fsp3) is 0.417. The van der Waals surface area contributed by atoms with Gasteiger partial charge in [0.2, 0.25) is 0 Å². The van der Waals surface area contributed by atoms with Crippen LogP contribution < -0.4 is 14.8 Å². The Labute approximate surface area is 95.6 Å². The summed E-state index contributed by atoms with van der Waals surface area (Å²) in [5.74, 6) is 1.48. The molecule has 1 unspecified atom stereocenters. The van der Waals surface area contributed by atoms with Gasteiger partial charge in [0.15, 0.2) is 5.78 Å². The van der Waals surface area contributed by atoms with Crippen molar-refractivity contribution in [1.82, 2.24) is 0 Å². The molecule has 0 heterocycles. The number of anilines is 1. The van der Waals surface area contributed by atoms with E-state index in [1.54, 1.807) is 40.2 Å². The third kappa shape index (κ3) is 2.89. The SMILES string of the molecule is COc1ccc(OC)c(NC(C)C(C)=O)c1. The van der Waals surface area contributed by atoms with Gasteiger partial charge in [0.1, 0.15) is 11.5 Å². The molecule has 4 nitrogen and oxygen atoms in total. The van der Waals surface area contributed by atoms with Crippen molar-refractivity contribution in [3.8, 4) is 11.5 Å². The molecular weight excluding hydrogens is 206 g/mol. The summed E-state index contributed by atoms with van der Waals surface area (Å²) in [5, 5.41) is 3.08. The zero-order valence-corrected chi connectivity index (χ0v) is 10.0. The normalized spacial score (nSPS) is 11.8. The number of hydrogen-bond acceptors (Lipinski definition) is 4. The summed E-state index contributed by atoms with van der Waals surface area (Å²) >= 11 is 0. The van der Waals surface area contributed by atoms with Crippen LogP contribution in [0.3, 0.4) is 0 Å². The van der Waals surface area contributed by atoms with Crippen LogP contribution in [0.2, 0.25) is 0 Å². The topological polar surface area (TPSA) is 47.6 Å². The van der Waals surface area contributed by atoms with Crippen LogP contribution in [-0.4, -0.2) is 26.0 Å². The maximum absolute atomic E-state index is 11.2. The first kappa shape index (κ1) is 12.4. The highest BCUT2D eigenvalue weighted by Crippen LogP contribution is 2.29. The van der Waals surface area contributed by atoms with E-state index in [9.17, 15) is 4.79 Å². The Bertz CT molecular complexity index is 377. The molecule has 1 N–H and O–H groups in total. The van der Waals surface area contributed by atoms with Crippen molar-refractivity contribution in [1.29, 1.82) is 0 Å². The van der Waals surface area contributed by atoms with Crippen molar-refractivity contribution in [2.75, 3.05) is 19.5 Å². The lowest BCUT2D eigenvalue weighted by molar-refractivity contribution is -0.117. The summed E-state index contributed by atoms with van der Waals surface area (Å²) in [5.41, 5.74) is 0.754. The van der Waals surface area contributed by atoms with E-state index in [1.165, 1.54) is 0 Å². The third-order valence-corrected chi connectivity index (χ3v) is 2.39. The summed E-state index contributed by atoms with van der Waals surface area (Å²) in [6.45, 7) is 3.35. The summed E-state index contributed by atoms with van der Waals surface area (Å²) in [6.07, 6.45) is 0. The van der Waals surface area contributed by atoms with Crippen molar-refractivity contribution in [3.05, 3.63) is 18.2 Å². The molecule has 0 aliphatic heterocycles. The largest absolute Gasteiger partial charge is 0.497 e. The van der Waals surface area contributed by atoms with Crippen molar-refractivity contribution in [2.45, 2.75) is 19.9 Å². The number of carbonyl (C=O) groups is 1. The predicted molar refractivity (Wildman–Crippen MR) is 63.3 cm³/mol. The van der Waals surface area contributed by atoms with E-state index in [0.29, 0.717) is 5.75 Å². The molecule has 0 fully saturated rings. The van der Waals surface area contributed by atoms with Crippen LogP contribution in [0.5, 0.6) is 11.5 Å². The second-order valence-electron chi connectivity index (χ2n) is 3.54. The molecule has 0 aromatic heterocycles. The zero-order valence-electron chi connectivity index (χ0n) is 10.0. The zero-order chi connectivity index (χ0) is 12.1. The number of carbonyl (C=O) groups excluding carboxylic acids is 1. The average Bonchev–Trinajstić information content (AvgIpc) is 2.28. The van der Waals surface area contributed by atoms with Gasteiger partial charge in [0.25, 0.3) is 0 Å². The number of methoxy groups -OCH3 is 2.